The van der Waals surface area contributed by atoms with Crippen LogP contribution < -0.4 is 10.7 Å². The number of hydrogen-bond acceptors (Lipinski definition) is 4. The number of thiocarbonyl (C=S) groups is 1. The molecule has 0 fully saturated rings. The third-order valence-electron chi connectivity index (χ3n) is 3.06. The Kier molecular flexibility index (Phi) is 5.68. The average molecular weight is 321 g/mol. The van der Waals surface area contributed by atoms with Crippen LogP contribution in [0.1, 0.15) is 16.9 Å². The van der Waals surface area contributed by atoms with E-state index in [9.17, 15) is 4.79 Å². The summed E-state index contributed by atoms with van der Waals surface area (Å²) in [5.74, 6) is -0.319. The van der Waals surface area contributed by atoms with Crippen molar-refractivity contribution in [3.8, 4) is 0 Å². The lowest BCUT2D eigenvalue weighted by molar-refractivity contribution is 0.0882. The maximum absolute atomic E-state index is 12.3. The number of nitrogens with zero attached hydrogens (tertiary/aromatic N) is 2. The maximum atomic E-state index is 12.3. The van der Waals surface area contributed by atoms with Crippen LogP contribution in [0.25, 0.3) is 10.9 Å². The number of hydrogen-bond donors (Lipinski definition) is 3. The highest BCUT2D eigenvalue weighted by molar-refractivity contribution is 7.80. The number of amides is 1. The van der Waals surface area contributed by atoms with E-state index in [-0.39, 0.29) is 5.91 Å². The van der Waals surface area contributed by atoms with Gasteiger partial charge in [-0.15, -0.1) is 0 Å². The second-order valence-corrected chi connectivity index (χ2v) is 5.08. The summed E-state index contributed by atoms with van der Waals surface area (Å²) in [6.07, 6.45) is 0.836. The summed E-state index contributed by atoms with van der Waals surface area (Å²) in [5, 5.41) is 12.6. The fourth-order valence-electron chi connectivity index (χ4n) is 1.92. The quantitative estimate of drug-likeness (QED) is 0.434. The minimum atomic E-state index is -0.319. The van der Waals surface area contributed by atoms with Crippen molar-refractivity contribution in [2.24, 2.45) is 0 Å². The lowest BCUT2D eigenvalue weighted by Crippen LogP contribution is -2.48. The van der Waals surface area contributed by atoms with E-state index in [4.69, 9.17) is 17.0 Å². The van der Waals surface area contributed by atoms with Crippen molar-refractivity contribution in [2.75, 3.05) is 27.3 Å². The molecule has 0 bridgehead atoms. The lowest BCUT2D eigenvalue weighted by Gasteiger charge is -2.21. The Morgan fingerprint density at radius 3 is 3.00 bits per heavy atom. The van der Waals surface area contributed by atoms with Crippen LogP contribution in [0.2, 0.25) is 0 Å². The van der Waals surface area contributed by atoms with Crippen LogP contribution in [-0.4, -0.2) is 53.5 Å². The number of rotatable bonds is 5. The van der Waals surface area contributed by atoms with Gasteiger partial charge in [-0.3, -0.25) is 20.3 Å². The predicted molar refractivity (Wildman–Crippen MR) is 88.4 cm³/mol. The molecule has 1 aromatic carbocycles. The summed E-state index contributed by atoms with van der Waals surface area (Å²) in [6, 6.07) is 7.45. The van der Waals surface area contributed by atoms with E-state index in [1.54, 1.807) is 14.2 Å². The van der Waals surface area contributed by atoms with E-state index >= 15 is 0 Å². The summed E-state index contributed by atoms with van der Waals surface area (Å²) in [7, 11) is 3.33. The molecule has 2 aromatic rings. The van der Waals surface area contributed by atoms with Crippen molar-refractivity contribution in [2.45, 2.75) is 6.42 Å². The number of para-hydroxylation sites is 1. The molecule has 0 saturated heterocycles. The van der Waals surface area contributed by atoms with Gasteiger partial charge in [0.1, 0.15) is 0 Å². The second kappa shape index (κ2) is 7.71. The first-order valence-corrected chi connectivity index (χ1v) is 7.29. The van der Waals surface area contributed by atoms with E-state index in [0.717, 1.165) is 17.3 Å². The number of hydrazine groups is 1. The molecule has 7 nitrogen and oxygen atoms in total. The van der Waals surface area contributed by atoms with Crippen LogP contribution in [-0.2, 0) is 4.74 Å². The van der Waals surface area contributed by atoms with Gasteiger partial charge in [0.15, 0.2) is 10.8 Å². The van der Waals surface area contributed by atoms with Gasteiger partial charge in [0.05, 0.1) is 5.52 Å². The Hall–Kier alpha value is -2.19. The number of methoxy groups -OCH3 is 1. The average Bonchev–Trinajstić information content (AvgIpc) is 2.95. The van der Waals surface area contributed by atoms with Crippen molar-refractivity contribution in [1.82, 2.24) is 25.9 Å². The molecule has 3 N–H and O–H groups in total. The van der Waals surface area contributed by atoms with E-state index in [1.807, 2.05) is 24.3 Å². The van der Waals surface area contributed by atoms with Crippen LogP contribution in [0.3, 0.4) is 0 Å². The Balaban J connectivity index is 1.92. The zero-order valence-electron chi connectivity index (χ0n) is 12.5. The van der Waals surface area contributed by atoms with Crippen LogP contribution >= 0.6 is 12.2 Å². The van der Waals surface area contributed by atoms with Crippen LogP contribution in [0.5, 0.6) is 0 Å². The fraction of sp³-hybridized carbons (Fsp3) is 0.357. The monoisotopic (exact) mass is 321 g/mol. The van der Waals surface area contributed by atoms with Gasteiger partial charge >= 0.3 is 0 Å². The number of H-pyrrole nitrogens is 1. The molecule has 1 heterocycles. The zero-order chi connectivity index (χ0) is 15.9. The molecule has 1 aromatic heterocycles. The predicted octanol–water partition coefficient (Wildman–Crippen LogP) is 1.05. The van der Waals surface area contributed by atoms with Gasteiger partial charge in [0.2, 0.25) is 0 Å². The summed E-state index contributed by atoms with van der Waals surface area (Å²) in [5.41, 5.74) is 3.85. The molecule has 0 aliphatic carbocycles. The first kappa shape index (κ1) is 16.2. The van der Waals surface area contributed by atoms with Crippen molar-refractivity contribution in [3.05, 3.63) is 30.0 Å². The van der Waals surface area contributed by atoms with Gasteiger partial charge in [-0.25, -0.2) is 0 Å². The standard InChI is InChI=1S/C14H19N5O2S/c1-19(14(22)15-8-5-9-21-2)18-13(20)12-10-6-3-4-7-11(10)16-17-12/h3-4,6-7H,5,8-9H2,1-2H3,(H,15,22)(H,16,17)(H,18,20). The number of ether oxygens (including phenoxy) is 1. The Morgan fingerprint density at radius 2 is 2.23 bits per heavy atom. The van der Waals surface area contributed by atoms with Crippen molar-refractivity contribution >= 4 is 34.1 Å². The van der Waals surface area contributed by atoms with Crippen LogP contribution in [0.4, 0.5) is 0 Å². The molecule has 118 valence electrons. The summed E-state index contributed by atoms with van der Waals surface area (Å²) in [6.45, 7) is 1.34. The summed E-state index contributed by atoms with van der Waals surface area (Å²) in [4.78, 5) is 12.3. The lowest BCUT2D eigenvalue weighted by atomic mass is 10.2. The largest absolute Gasteiger partial charge is 0.385 e. The van der Waals surface area contributed by atoms with Crippen LogP contribution in [0.15, 0.2) is 24.3 Å². The minimum Gasteiger partial charge on any atom is -0.385 e. The molecule has 1 amide bonds. The molecule has 0 unspecified atom stereocenters. The zero-order valence-corrected chi connectivity index (χ0v) is 13.4. The topological polar surface area (TPSA) is 82.3 Å². The van der Waals surface area contributed by atoms with Crippen LogP contribution in [0, 0.1) is 0 Å². The Bertz CT molecular complexity index is 657. The maximum Gasteiger partial charge on any atom is 0.290 e. The van der Waals surface area contributed by atoms with Crippen molar-refractivity contribution < 1.29 is 9.53 Å². The number of nitrogens with one attached hydrogen (secondary N) is 3. The van der Waals surface area contributed by atoms with E-state index in [1.165, 1.54) is 5.01 Å². The van der Waals surface area contributed by atoms with Gasteiger partial charge in [0.25, 0.3) is 5.91 Å². The molecule has 0 aliphatic rings. The normalized spacial score (nSPS) is 10.5. The first-order chi connectivity index (χ1) is 10.6. The molecule has 2 rings (SSSR count). The third kappa shape index (κ3) is 3.92. The van der Waals surface area contributed by atoms with E-state index < -0.39 is 0 Å². The van der Waals surface area contributed by atoms with Gasteiger partial charge in [0, 0.05) is 32.7 Å². The van der Waals surface area contributed by atoms with E-state index in [2.05, 4.69) is 20.9 Å². The SMILES string of the molecule is COCCCNC(=S)N(C)NC(=O)c1n[nH]c2ccccc12. The molecule has 22 heavy (non-hydrogen) atoms. The molecule has 0 saturated carbocycles. The van der Waals surface area contributed by atoms with Gasteiger partial charge in [-0.1, -0.05) is 18.2 Å². The molecule has 8 heteroatoms. The number of fused-ring (bicyclic) bond motifs is 1. The highest BCUT2D eigenvalue weighted by Gasteiger charge is 2.16. The molecular weight excluding hydrogens is 302 g/mol. The smallest absolute Gasteiger partial charge is 0.290 e. The first-order valence-electron chi connectivity index (χ1n) is 6.88. The molecule has 0 aliphatic heterocycles. The van der Waals surface area contributed by atoms with Crippen molar-refractivity contribution in [3.63, 3.8) is 0 Å². The molecule has 0 spiro atoms. The third-order valence-corrected chi connectivity index (χ3v) is 3.48. The Labute approximate surface area is 134 Å². The molecule has 0 radical (unpaired) electrons. The second-order valence-electron chi connectivity index (χ2n) is 4.70. The van der Waals surface area contributed by atoms with E-state index in [0.29, 0.717) is 24.0 Å². The highest BCUT2D eigenvalue weighted by atomic mass is 32.1. The van der Waals surface area contributed by atoms with Gasteiger partial charge in [-0.05, 0) is 24.7 Å². The highest BCUT2D eigenvalue weighted by Crippen LogP contribution is 2.14. The fourth-order valence-corrected chi connectivity index (χ4v) is 2.07. The van der Waals surface area contributed by atoms with Gasteiger partial charge < -0.3 is 10.1 Å². The Morgan fingerprint density at radius 1 is 1.45 bits per heavy atom. The summed E-state index contributed by atoms with van der Waals surface area (Å²) < 4.78 is 4.96. The summed E-state index contributed by atoms with van der Waals surface area (Å²) >= 11 is 5.20. The molecule has 0 atom stereocenters. The molecular formula is C14H19N5O2S. The number of carbonyl (C=O) groups excluding carboxylic acids is 1. The number of carbonyl (C=O) groups is 1. The van der Waals surface area contributed by atoms with Gasteiger partial charge in [-0.2, -0.15) is 5.10 Å². The number of benzene rings is 1. The number of aromatic nitrogens is 2. The number of aromatic amines is 1. The van der Waals surface area contributed by atoms with Crippen molar-refractivity contribution in [1.29, 1.82) is 0 Å². The minimum absolute atomic E-state index is 0.319.